The average Bonchev–Trinajstić information content (AvgIpc) is 3.23. The summed E-state index contributed by atoms with van der Waals surface area (Å²) in [6, 6.07) is 8.03. The molecule has 3 saturated carbocycles. The lowest BCUT2D eigenvalue weighted by atomic mass is 9.46. The molecule has 0 aliphatic heterocycles. The Morgan fingerprint density at radius 2 is 1.77 bits per heavy atom. The Morgan fingerprint density at radius 3 is 2.48 bits per heavy atom. The number of methoxy groups -OCH3 is 1. The highest BCUT2D eigenvalue weighted by Crippen LogP contribution is 2.67. The van der Waals surface area contributed by atoms with Crippen molar-refractivity contribution >= 4 is 23.4 Å². The minimum Gasteiger partial charge on any atom is -0.467 e. The first kappa shape index (κ1) is 28.5. The van der Waals surface area contributed by atoms with E-state index in [1.807, 2.05) is 6.07 Å². The molecule has 7 atom stereocenters. The van der Waals surface area contributed by atoms with Crippen LogP contribution in [-0.2, 0) is 24.0 Å². The number of hydrogen-bond donors (Lipinski definition) is 2. The van der Waals surface area contributed by atoms with Crippen LogP contribution < -0.4 is 5.32 Å². The number of amides is 1. The minimum absolute atomic E-state index is 0.0704. The highest BCUT2D eigenvalue weighted by Gasteiger charge is 2.65. The Balaban J connectivity index is 1.23. The fraction of sp³-hybridized carbons (Fsp3) is 0.625. The number of aliphatic hydroxyl groups is 1. The van der Waals surface area contributed by atoms with Gasteiger partial charge >= 0.3 is 5.97 Å². The van der Waals surface area contributed by atoms with Gasteiger partial charge in [-0.1, -0.05) is 54.9 Å². The first-order valence-corrected chi connectivity index (χ1v) is 14.6. The van der Waals surface area contributed by atoms with E-state index in [1.165, 1.54) is 12.7 Å². The van der Waals surface area contributed by atoms with Gasteiger partial charge in [0.2, 0.25) is 0 Å². The number of fused-ring (bicyclic) bond motifs is 5. The van der Waals surface area contributed by atoms with Crippen LogP contribution in [0.1, 0.15) is 83.7 Å². The highest BCUT2D eigenvalue weighted by atomic mass is 16.6. The van der Waals surface area contributed by atoms with Crippen molar-refractivity contribution in [2.24, 2.45) is 33.7 Å². The fourth-order valence-corrected chi connectivity index (χ4v) is 8.66. The number of rotatable bonds is 7. The molecule has 0 spiro atoms. The van der Waals surface area contributed by atoms with Crippen molar-refractivity contribution < 1.29 is 29.1 Å². The topological polar surface area (TPSA) is 114 Å². The number of Topliss-reactive ketones (excluding diaryl/α,β-unsaturated/α-hetero) is 1. The number of esters is 1. The van der Waals surface area contributed by atoms with Crippen LogP contribution in [0, 0.1) is 28.6 Å². The fourth-order valence-electron chi connectivity index (χ4n) is 8.66. The smallest absolute Gasteiger partial charge is 0.333 e. The third-order valence-electron chi connectivity index (χ3n) is 11.0. The van der Waals surface area contributed by atoms with Crippen molar-refractivity contribution in [3.8, 4) is 0 Å². The Labute approximate surface area is 236 Å². The first-order valence-electron chi connectivity index (χ1n) is 14.6. The molecule has 4 unspecified atom stereocenters. The number of nitrogens with zero attached hydrogens (tertiary/aromatic N) is 1. The van der Waals surface area contributed by atoms with Crippen molar-refractivity contribution in [2.75, 3.05) is 13.7 Å². The molecule has 8 nitrogen and oxygen atoms in total. The van der Waals surface area contributed by atoms with Crippen LogP contribution in [0.25, 0.3) is 0 Å². The number of benzene rings is 1. The molecule has 2 N–H and O–H groups in total. The predicted octanol–water partition coefficient (Wildman–Crippen LogP) is 4.67. The zero-order valence-corrected chi connectivity index (χ0v) is 24.1. The lowest BCUT2D eigenvalue weighted by Gasteiger charge is -2.59. The van der Waals surface area contributed by atoms with Gasteiger partial charge in [0, 0.05) is 5.41 Å². The Hall–Kier alpha value is -3.00. The standard InChI is InChI=1S/C32H42N2O6/c1-20(35)32(38)17-14-26-24-11-10-22-18-23(12-15-30(22,2)25(24)13-16-31(26,32)3)34-40-19-27(36)33-28(29(37)39-4)21-8-6-5-7-9-21/h5-9,18,24-26,28,38H,10-17,19H2,1-4H3,(H,33,36)/b34-23-/t24?,25?,26?,28?,30-,31-,32-/m0/s1. The molecular weight excluding hydrogens is 508 g/mol. The molecule has 216 valence electrons. The van der Waals surface area contributed by atoms with Crippen molar-refractivity contribution in [3.05, 3.63) is 47.5 Å². The maximum absolute atomic E-state index is 12.6. The largest absolute Gasteiger partial charge is 0.467 e. The summed E-state index contributed by atoms with van der Waals surface area (Å²) in [5.74, 6) is 0.336. The molecule has 3 fully saturated rings. The van der Waals surface area contributed by atoms with Gasteiger partial charge in [0.1, 0.15) is 5.60 Å². The second-order valence-electron chi connectivity index (χ2n) is 12.7. The number of hydrogen-bond acceptors (Lipinski definition) is 7. The lowest BCUT2D eigenvalue weighted by Crippen LogP contribution is -2.57. The van der Waals surface area contributed by atoms with Gasteiger partial charge in [0.15, 0.2) is 18.4 Å². The molecule has 0 heterocycles. The summed E-state index contributed by atoms with van der Waals surface area (Å²) in [4.78, 5) is 42.7. The maximum atomic E-state index is 12.6. The van der Waals surface area contributed by atoms with Gasteiger partial charge < -0.3 is 20.0 Å². The Kier molecular flexibility index (Phi) is 7.68. The first-order chi connectivity index (χ1) is 19.0. The summed E-state index contributed by atoms with van der Waals surface area (Å²) >= 11 is 0. The van der Waals surface area contributed by atoms with Gasteiger partial charge in [0.25, 0.3) is 5.91 Å². The van der Waals surface area contributed by atoms with Crippen molar-refractivity contribution in [1.29, 1.82) is 0 Å². The summed E-state index contributed by atoms with van der Waals surface area (Å²) < 4.78 is 4.86. The van der Waals surface area contributed by atoms with Crippen LogP contribution in [-0.4, -0.2) is 47.8 Å². The molecule has 0 saturated heterocycles. The van der Waals surface area contributed by atoms with E-state index in [0.717, 1.165) is 50.7 Å². The number of oxime groups is 1. The molecule has 4 aliphatic rings. The summed E-state index contributed by atoms with van der Waals surface area (Å²) in [6.45, 7) is 5.79. The quantitative estimate of drug-likeness (QED) is 0.377. The van der Waals surface area contributed by atoms with E-state index in [1.54, 1.807) is 31.2 Å². The number of ketones is 1. The summed E-state index contributed by atoms with van der Waals surface area (Å²) in [7, 11) is 1.29. The number of allylic oxidation sites excluding steroid dienone is 2. The molecule has 5 rings (SSSR count). The maximum Gasteiger partial charge on any atom is 0.333 e. The van der Waals surface area contributed by atoms with Crippen LogP contribution in [0.15, 0.2) is 47.1 Å². The molecule has 0 bridgehead atoms. The van der Waals surface area contributed by atoms with E-state index in [4.69, 9.17) is 9.57 Å². The van der Waals surface area contributed by atoms with Gasteiger partial charge in [-0.25, -0.2) is 4.79 Å². The summed E-state index contributed by atoms with van der Waals surface area (Å²) in [5, 5.41) is 18.3. The van der Waals surface area contributed by atoms with E-state index in [-0.39, 0.29) is 23.2 Å². The van der Waals surface area contributed by atoms with Gasteiger partial charge in [0.05, 0.1) is 12.8 Å². The predicted molar refractivity (Wildman–Crippen MR) is 150 cm³/mol. The van der Waals surface area contributed by atoms with Crippen molar-refractivity contribution in [1.82, 2.24) is 5.32 Å². The summed E-state index contributed by atoms with van der Waals surface area (Å²) in [5.41, 5.74) is 1.41. The minimum atomic E-state index is -1.19. The van der Waals surface area contributed by atoms with Gasteiger partial charge in [-0.15, -0.1) is 0 Å². The molecule has 1 aromatic carbocycles. The molecular formula is C32H42N2O6. The number of carbonyl (C=O) groups excluding carboxylic acids is 3. The van der Waals surface area contributed by atoms with E-state index in [9.17, 15) is 19.5 Å². The van der Waals surface area contributed by atoms with Crippen molar-refractivity contribution in [3.63, 3.8) is 0 Å². The third-order valence-corrected chi connectivity index (χ3v) is 11.0. The summed E-state index contributed by atoms with van der Waals surface area (Å²) in [6.07, 6.45) is 9.33. The van der Waals surface area contributed by atoms with Gasteiger partial charge in [-0.2, -0.15) is 0 Å². The Bertz CT molecular complexity index is 1230. The average molecular weight is 551 g/mol. The SMILES string of the molecule is COC(=O)C(NC(=O)CO/N=C1\C=C2CCC3C(CC[C@@]4(C)C3CC[C@]4(O)C(C)=O)[C@@]2(C)CC1)c1ccccc1. The van der Waals surface area contributed by atoms with Crippen LogP contribution in [0.5, 0.6) is 0 Å². The lowest BCUT2D eigenvalue weighted by molar-refractivity contribution is -0.159. The second-order valence-corrected chi connectivity index (χ2v) is 12.7. The van der Waals surface area contributed by atoms with Gasteiger partial charge in [-0.05, 0) is 93.1 Å². The number of carbonyl (C=O) groups is 3. The van der Waals surface area contributed by atoms with E-state index >= 15 is 0 Å². The number of nitrogens with one attached hydrogen (secondary N) is 1. The van der Waals surface area contributed by atoms with E-state index < -0.39 is 23.5 Å². The third kappa shape index (κ3) is 4.68. The molecule has 1 aromatic rings. The zero-order valence-electron chi connectivity index (χ0n) is 24.1. The zero-order chi connectivity index (χ0) is 28.7. The number of ether oxygens (including phenoxy) is 1. The van der Waals surface area contributed by atoms with Gasteiger partial charge in [-0.3, -0.25) is 9.59 Å². The van der Waals surface area contributed by atoms with Crippen LogP contribution >= 0.6 is 0 Å². The molecule has 8 heteroatoms. The Morgan fingerprint density at radius 1 is 1.05 bits per heavy atom. The molecule has 0 aromatic heterocycles. The highest BCUT2D eigenvalue weighted by molar-refractivity contribution is 5.96. The van der Waals surface area contributed by atoms with E-state index in [0.29, 0.717) is 29.7 Å². The van der Waals surface area contributed by atoms with Crippen LogP contribution in [0.3, 0.4) is 0 Å². The molecule has 1 amide bonds. The molecule has 0 radical (unpaired) electrons. The van der Waals surface area contributed by atoms with E-state index in [2.05, 4.69) is 30.4 Å². The monoisotopic (exact) mass is 550 g/mol. The van der Waals surface area contributed by atoms with Crippen molar-refractivity contribution in [2.45, 2.75) is 83.8 Å². The normalized spacial score (nSPS) is 36.4. The molecule has 4 aliphatic carbocycles. The molecule has 40 heavy (non-hydrogen) atoms. The van der Waals surface area contributed by atoms with Crippen LogP contribution in [0.2, 0.25) is 0 Å². The second kappa shape index (κ2) is 10.8. The van der Waals surface area contributed by atoms with Crippen LogP contribution in [0.4, 0.5) is 0 Å².